The second kappa shape index (κ2) is 11.8. The number of hydrogen-bond donors (Lipinski definition) is 1. The van der Waals surface area contributed by atoms with E-state index in [0.717, 1.165) is 56.3 Å². The molecule has 0 radical (unpaired) electrons. The molecule has 212 valence electrons. The van der Waals surface area contributed by atoms with Gasteiger partial charge in [0.2, 0.25) is 0 Å². The molecule has 1 N–H and O–H groups in total. The summed E-state index contributed by atoms with van der Waals surface area (Å²) in [6.07, 6.45) is 9.21. The van der Waals surface area contributed by atoms with Gasteiger partial charge in [0.05, 0.1) is 44.7 Å². The molecule has 3 aromatic heterocycles. The molecule has 4 heterocycles. The van der Waals surface area contributed by atoms with Crippen LogP contribution < -0.4 is 15.0 Å². The molecule has 1 aliphatic carbocycles. The first-order chi connectivity index (χ1) is 19.6. The molecule has 2 fully saturated rings. The van der Waals surface area contributed by atoms with E-state index in [0.29, 0.717) is 41.5 Å². The fraction of sp³-hybridized carbons (Fsp3) is 0.517. The zero-order chi connectivity index (χ0) is 27.5. The number of nitrogens with one attached hydrogen (secondary N) is 1. The van der Waals surface area contributed by atoms with Crippen LogP contribution in [-0.4, -0.2) is 63.6 Å². The Morgan fingerprint density at radius 3 is 2.65 bits per heavy atom. The van der Waals surface area contributed by atoms with E-state index in [9.17, 15) is 4.79 Å². The lowest BCUT2D eigenvalue weighted by Gasteiger charge is -2.33. The van der Waals surface area contributed by atoms with Crippen molar-refractivity contribution in [2.45, 2.75) is 69.7 Å². The van der Waals surface area contributed by atoms with Gasteiger partial charge >= 0.3 is 0 Å². The van der Waals surface area contributed by atoms with Gasteiger partial charge in [-0.15, -0.1) is 5.10 Å². The number of pyridine rings is 1. The van der Waals surface area contributed by atoms with Gasteiger partial charge < -0.3 is 23.6 Å². The van der Waals surface area contributed by atoms with Gasteiger partial charge in [0, 0.05) is 30.2 Å². The number of nitrogens with zero attached hydrogens (tertiary/aromatic N) is 5. The van der Waals surface area contributed by atoms with Crippen LogP contribution in [0.3, 0.4) is 0 Å². The summed E-state index contributed by atoms with van der Waals surface area (Å²) in [5.41, 5.74) is 1.00. The second-order valence-corrected chi connectivity index (χ2v) is 10.7. The number of furan rings is 1. The molecule has 1 aromatic carbocycles. The Labute approximate surface area is 232 Å². The fourth-order valence-corrected chi connectivity index (χ4v) is 6.13. The maximum Gasteiger partial charge on any atom is 0.253 e. The van der Waals surface area contributed by atoms with Crippen LogP contribution in [-0.2, 0) is 11.3 Å². The quantitative estimate of drug-likeness (QED) is 0.307. The minimum Gasteiger partial charge on any atom is -0.493 e. The Hall–Kier alpha value is -3.70. The van der Waals surface area contributed by atoms with E-state index in [1.165, 1.54) is 6.42 Å². The molecule has 11 nitrogen and oxygen atoms in total. The molecule has 0 bridgehead atoms. The summed E-state index contributed by atoms with van der Waals surface area (Å²) in [4.78, 5) is 19.2. The van der Waals surface area contributed by atoms with Gasteiger partial charge in [-0.05, 0) is 60.4 Å². The van der Waals surface area contributed by atoms with Crippen LogP contribution in [0.4, 0.5) is 0 Å². The average Bonchev–Trinajstić information content (AvgIpc) is 3.77. The smallest absolute Gasteiger partial charge is 0.253 e. The van der Waals surface area contributed by atoms with E-state index in [-0.39, 0.29) is 17.7 Å². The topological polar surface area (TPSA) is 121 Å². The Bertz CT molecular complexity index is 1470. The summed E-state index contributed by atoms with van der Waals surface area (Å²) >= 11 is 0. The van der Waals surface area contributed by atoms with E-state index in [1.54, 1.807) is 26.5 Å². The van der Waals surface area contributed by atoms with Crippen LogP contribution >= 0.6 is 0 Å². The van der Waals surface area contributed by atoms with Crippen LogP contribution in [0.2, 0.25) is 0 Å². The van der Waals surface area contributed by atoms with Gasteiger partial charge in [0.15, 0.2) is 17.3 Å². The first-order valence-electron chi connectivity index (χ1n) is 14.1. The molecule has 0 unspecified atom stereocenters. The van der Waals surface area contributed by atoms with E-state index in [2.05, 4.69) is 25.4 Å². The van der Waals surface area contributed by atoms with Gasteiger partial charge in [0.25, 0.3) is 5.56 Å². The first kappa shape index (κ1) is 26.5. The van der Waals surface area contributed by atoms with E-state index in [1.807, 2.05) is 28.9 Å². The summed E-state index contributed by atoms with van der Waals surface area (Å²) in [5.74, 6) is 2.59. The number of methoxy groups -OCH3 is 2. The molecule has 0 spiro atoms. The van der Waals surface area contributed by atoms with Crippen molar-refractivity contribution in [3.63, 3.8) is 0 Å². The Morgan fingerprint density at radius 1 is 1.10 bits per heavy atom. The van der Waals surface area contributed by atoms with E-state index >= 15 is 0 Å². The lowest BCUT2D eigenvalue weighted by atomic mass is 9.95. The van der Waals surface area contributed by atoms with E-state index < -0.39 is 6.04 Å². The zero-order valence-electron chi connectivity index (χ0n) is 23.0. The van der Waals surface area contributed by atoms with Gasteiger partial charge in [-0.3, -0.25) is 9.69 Å². The van der Waals surface area contributed by atoms with Crippen LogP contribution in [0.1, 0.15) is 74.2 Å². The van der Waals surface area contributed by atoms with Crippen LogP contribution in [0.5, 0.6) is 11.5 Å². The number of aromatic nitrogens is 5. The van der Waals surface area contributed by atoms with Crippen molar-refractivity contribution in [1.29, 1.82) is 0 Å². The fourth-order valence-electron chi connectivity index (χ4n) is 6.13. The number of benzene rings is 1. The van der Waals surface area contributed by atoms with E-state index in [4.69, 9.17) is 18.6 Å². The standard InChI is InChI=1S/C29H36N6O5/c1-37-25-15-19-14-23(29(36)30-24(19)16-26(25)38-2)27(28-31-32-33-35(28)20-8-4-3-5-9-20)34(17-21-10-6-12-39-21)18-22-11-7-13-40-22/h6,10,12,14-16,20,22,27H,3-5,7-9,11,13,17-18H2,1-2H3,(H,30,36)/t22-,27-/m1/s1. The zero-order valence-corrected chi connectivity index (χ0v) is 23.0. The third-order valence-corrected chi connectivity index (χ3v) is 8.12. The van der Waals surface area contributed by atoms with Gasteiger partial charge in [0.1, 0.15) is 11.8 Å². The highest BCUT2D eigenvalue weighted by Crippen LogP contribution is 2.36. The third-order valence-electron chi connectivity index (χ3n) is 8.12. The lowest BCUT2D eigenvalue weighted by molar-refractivity contribution is 0.0539. The number of tetrazole rings is 1. The molecule has 1 saturated heterocycles. The molecule has 6 rings (SSSR count). The van der Waals surface area contributed by atoms with Crippen LogP contribution in [0, 0.1) is 0 Å². The Morgan fingerprint density at radius 2 is 1.93 bits per heavy atom. The minimum atomic E-state index is -0.535. The highest BCUT2D eigenvalue weighted by Gasteiger charge is 2.35. The van der Waals surface area contributed by atoms with Crippen molar-refractivity contribution >= 4 is 10.9 Å². The van der Waals surface area contributed by atoms with Crippen molar-refractivity contribution in [2.75, 3.05) is 27.4 Å². The third kappa shape index (κ3) is 5.35. The number of rotatable bonds is 10. The van der Waals surface area contributed by atoms with Crippen molar-refractivity contribution in [3.05, 3.63) is 64.1 Å². The Balaban J connectivity index is 1.51. The number of aromatic amines is 1. The lowest BCUT2D eigenvalue weighted by Crippen LogP contribution is -2.39. The van der Waals surface area contributed by atoms with Crippen LogP contribution in [0.25, 0.3) is 10.9 Å². The number of fused-ring (bicyclic) bond motifs is 1. The summed E-state index contributed by atoms with van der Waals surface area (Å²) in [6, 6.07) is 9.07. The van der Waals surface area contributed by atoms with Crippen molar-refractivity contribution in [2.24, 2.45) is 0 Å². The normalized spacial score (nSPS) is 18.9. The van der Waals surface area contributed by atoms with Gasteiger partial charge in [-0.2, -0.15) is 0 Å². The summed E-state index contributed by atoms with van der Waals surface area (Å²) < 4.78 is 24.8. The summed E-state index contributed by atoms with van der Waals surface area (Å²) in [5, 5.41) is 14.0. The average molecular weight is 549 g/mol. The molecule has 40 heavy (non-hydrogen) atoms. The maximum absolute atomic E-state index is 13.9. The van der Waals surface area contributed by atoms with Crippen LogP contribution in [0.15, 0.2) is 45.8 Å². The molecule has 4 aromatic rings. The largest absolute Gasteiger partial charge is 0.493 e. The molecular weight excluding hydrogens is 512 g/mol. The molecular formula is C29H36N6O5. The predicted octanol–water partition coefficient (Wildman–Crippen LogP) is 4.40. The molecule has 11 heteroatoms. The van der Waals surface area contributed by atoms with Crippen molar-refractivity contribution in [3.8, 4) is 11.5 Å². The number of ether oxygens (including phenoxy) is 3. The minimum absolute atomic E-state index is 0.0420. The predicted molar refractivity (Wildman–Crippen MR) is 148 cm³/mol. The van der Waals surface area contributed by atoms with Crippen molar-refractivity contribution < 1.29 is 18.6 Å². The molecule has 2 atom stereocenters. The molecule has 1 saturated carbocycles. The molecule has 1 aliphatic heterocycles. The monoisotopic (exact) mass is 548 g/mol. The SMILES string of the molecule is COc1cc2cc([C@H](c3nnnn3C3CCCCC3)N(Cc3ccco3)C[C@H]3CCCO3)c(=O)[nH]c2cc1OC. The van der Waals surface area contributed by atoms with Gasteiger partial charge in [-0.25, -0.2) is 4.68 Å². The maximum atomic E-state index is 13.9. The number of hydrogen-bond acceptors (Lipinski definition) is 9. The highest BCUT2D eigenvalue weighted by atomic mass is 16.5. The molecule has 0 amide bonds. The second-order valence-electron chi connectivity index (χ2n) is 10.7. The summed E-state index contributed by atoms with van der Waals surface area (Å²) in [6.45, 7) is 1.81. The highest BCUT2D eigenvalue weighted by molar-refractivity contribution is 5.83. The van der Waals surface area contributed by atoms with Crippen molar-refractivity contribution in [1.82, 2.24) is 30.1 Å². The first-order valence-corrected chi connectivity index (χ1v) is 14.1. The molecule has 2 aliphatic rings. The number of H-pyrrole nitrogens is 1. The van der Waals surface area contributed by atoms with Gasteiger partial charge in [-0.1, -0.05) is 19.3 Å². The summed E-state index contributed by atoms with van der Waals surface area (Å²) in [7, 11) is 3.18. The Kier molecular flexibility index (Phi) is 7.83.